The van der Waals surface area contributed by atoms with Gasteiger partial charge in [-0.15, -0.1) is 11.3 Å². The third-order valence-corrected chi connectivity index (χ3v) is 8.31. The lowest BCUT2D eigenvalue weighted by Gasteiger charge is -2.14. The van der Waals surface area contributed by atoms with Crippen LogP contribution in [0.15, 0.2) is 58.5 Å². The van der Waals surface area contributed by atoms with Crippen molar-refractivity contribution < 1.29 is 18.0 Å². The molecule has 1 N–H and O–H groups in total. The number of carbonyl (C=O) groups excluding carboxylic acids is 1. The highest BCUT2D eigenvalue weighted by Gasteiger charge is 2.33. The number of nitrogens with one attached hydrogen (secondary N) is 1. The number of hydrogen-bond acceptors (Lipinski definition) is 5. The molecular weight excluding hydrogens is 531 g/mol. The molecule has 5 nitrogen and oxygen atoms in total. The van der Waals surface area contributed by atoms with Crippen LogP contribution in [0.1, 0.15) is 28.8 Å². The van der Waals surface area contributed by atoms with Crippen LogP contribution in [-0.2, 0) is 23.8 Å². The van der Waals surface area contributed by atoms with Gasteiger partial charge in [-0.3, -0.25) is 14.2 Å². The van der Waals surface area contributed by atoms with E-state index in [1.165, 1.54) is 26.8 Å². The minimum absolute atomic E-state index is 0.0212. The number of amides is 1. The van der Waals surface area contributed by atoms with Gasteiger partial charge in [0.05, 0.1) is 27.4 Å². The summed E-state index contributed by atoms with van der Waals surface area (Å²) in [5.74, 6) is -0.685. The molecule has 2 heterocycles. The van der Waals surface area contributed by atoms with Crippen LogP contribution in [0.2, 0.25) is 5.02 Å². The van der Waals surface area contributed by atoms with Crippen molar-refractivity contribution in [2.24, 2.45) is 0 Å². The van der Waals surface area contributed by atoms with E-state index >= 15 is 0 Å². The SMILES string of the molecule is O=C(CSc1nc2sc3c(c2c(=O)n1-c1ccccc1)CCCC3)Nc1ccc(Cl)c(C(F)(F)F)c1. The van der Waals surface area contributed by atoms with E-state index in [9.17, 15) is 22.8 Å². The first kappa shape index (κ1) is 24.9. The van der Waals surface area contributed by atoms with Gasteiger partial charge in [0.25, 0.3) is 5.56 Å². The van der Waals surface area contributed by atoms with Crippen molar-refractivity contribution in [3.8, 4) is 5.69 Å². The lowest BCUT2D eigenvalue weighted by molar-refractivity contribution is -0.137. The number of thiophene rings is 1. The fraction of sp³-hybridized carbons (Fsp3) is 0.240. The highest BCUT2D eigenvalue weighted by Crippen LogP contribution is 2.37. The van der Waals surface area contributed by atoms with E-state index in [1.54, 1.807) is 12.1 Å². The van der Waals surface area contributed by atoms with Crippen LogP contribution in [0.5, 0.6) is 0 Å². The third kappa shape index (κ3) is 4.89. The fourth-order valence-corrected chi connectivity index (χ4v) is 6.58. The van der Waals surface area contributed by atoms with Gasteiger partial charge >= 0.3 is 6.18 Å². The summed E-state index contributed by atoms with van der Waals surface area (Å²) < 4.78 is 41.0. The molecule has 0 spiro atoms. The van der Waals surface area contributed by atoms with E-state index in [-0.39, 0.29) is 17.0 Å². The zero-order valence-electron chi connectivity index (χ0n) is 18.7. The minimum Gasteiger partial charge on any atom is -0.325 e. The number of aryl methyl sites for hydroxylation is 2. The summed E-state index contributed by atoms with van der Waals surface area (Å²) in [5.41, 5.74) is 0.471. The number of thioether (sulfide) groups is 1. The highest BCUT2D eigenvalue weighted by atomic mass is 35.5. The number of aromatic nitrogens is 2. The molecule has 0 bridgehead atoms. The second kappa shape index (κ2) is 9.91. The summed E-state index contributed by atoms with van der Waals surface area (Å²) in [5, 5.41) is 3.00. The maximum Gasteiger partial charge on any atom is 0.417 e. The molecular formula is C25H19ClF3N3O2S2. The monoisotopic (exact) mass is 549 g/mol. The normalized spacial score (nSPS) is 13.6. The van der Waals surface area contributed by atoms with Crippen LogP contribution >= 0.6 is 34.7 Å². The molecule has 1 aliphatic carbocycles. The van der Waals surface area contributed by atoms with Gasteiger partial charge in [-0.25, -0.2) is 4.98 Å². The summed E-state index contributed by atoms with van der Waals surface area (Å²) in [6.45, 7) is 0. The molecule has 0 saturated carbocycles. The standard InChI is InChI=1S/C25H19ClF3N3O2S2/c26-18-11-10-14(12-17(18)25(27,28)29)30-20(33)13-35-24-31-22-21(16-8-4-5-9-19(16)36-22)23(34)32(24)15-6-2-1-3-7-15/h1-3,6-7,10-12H,4-5,8-9,13H2,(H,30,33). The van der Waals surface area contributed by atoms with Crippen molar-refractivity contribution in [2.75, 3.05) is 11.1 Å². The Bertz CT molecular complexity index is 1520. The number of rotatable bonds is 5. The van der Waals surface area contributed by atoms with Gasteiger partial charge in [0.15, 0.2) is 5.16 Å². The van der Waals surface area contributed by atoms with Crippen LogP contribution in [0.25, 0.3) is 15.9 Å². The number of alkyl halides is 3. The van der Waals surface area contributed by atoms with Gasteiger partial charge in [-0.05, 0) is 61.6 Å². The maximum absolute atomic E-state index is 13.7. The molecule has 36 heavy (non-hydrogen) atoms. The molecule has 11 heteroatoms. The van der Waals surface area contributed by atoms with Gasteiger partial charge in [-0.1, -0.05) is 41.6 Å². The van der Waals surface area contributed by atoms with Crippen LogP contribution in [0, 0.1) is 0 Å². The molecule has 0 unspecified atom stereocenters. The van der Waals surface area contributed by atoms with Gasteiger partial charge in [-0.2, -0.15) is 13.2 Å². The first-order valence-corrected chi connectivity index (χ1v) is 13.3. The summed E-state index contributed by atoms with van der Waals surface area (Å²) >= 11 is 8.23. The molecule has 0 radical (unpaired) electrons. The Morgan fingerprint density at radius 2 is 1.89 bits per heavy atom. The zero-order chi connectivity index (χ0) is 25.4. The van der Waals surface area contributed by atoms with Gasteiger partial charge in [0, 0.05) is 10.6 Å². The summed E-state index contributed by atoms with van der Waals surface area (Å²) in [6, 6.07) is 12.3. The smallest absolute Gasteiger partial charge is 0.325 e. The second-order valence-electron chi connectivity index (χ2n) is 8.29. The van der Waals surface area contributed by atoms with Crippen molar-refractivity contribution in [3.63, 3.8) is 0 Å². The lowest BCUT2D eigenvalue weighted by atomic mass is 9.97. The fourth-order valence-electron chi connectivity index (χ4n) is 4.24. The van der Waals surface area contributed by atoms with Gasteiger partial charge < -0.3 is 5.32 Å². The zero-order valence-corrected chi connectivity index (χ0v) is 21.1. The van der Waals surface area contributed by atoms with E-state index in [0.717, 1.165) is 55.1 Å². The van der Waals surface area contributed by atoms with E-state index in [1.807, 2.05) is 18.2 Å². The van der Waals surface area contributed by atoms with Gasteiger partial charge in [0.1, 0.15) is 4.83 Å². The van der Waals surface area contributed by atoms with Gasteiger partial charge in [0.2, 0.25) is 5.91 Å². The number of nitrogens with zero attached hydrogens (tertiary/aromatic N) is 2. The molecule has 1 aliphatic rings. The molecule has 2 aromatic carbocycles. The number of carbonyl (C=O) groups is 1. The van der Waals surface area contributed by atoms with E-state index in [2.05, 4.69) is 5.32 Å². The van der Waals surface area contributed by atoms with Crippen LogP contribution in [-0.4, -0.2) is 21.2 Å². The van der Waals surface area contributed by atoms with E-state index < -0.39 is 22.7 Å². The Balaban J connectivity index is 1.46. The predicted molar refractivity (Wildman–Crippen MR) is 138 cm³/mol. The molecule has 1 amide bonds. The average molecular weight is 550 g/mol. The number of benzene rings is 2. The number of halogens is 4. The number of anilines is 1. The van der Waals surface area contributed by atoms with Crippen molar-refractivity contribution in [1.82, 2.24) is 9.55 Å². The van der Waals surface area contributed by atoms with Crippen molar-refractivity contribution in [1.29, 1.82) is 0 Å². The van der Waals surface area contributed by atoms with Crippen LogP contribution < -0.4 is 10.9 Å². The Labute approximate surface area is 217 Å². The molecule has 5 rings (SSSR count). The van der Waals surface area contributed by atoms with Crippen LogP contribution in [0.4, 0.5) is 18.9 Å². The molecule has 0 saturated heterocycles. The summed E-state index contributed by atoms with van der Waals surface area (Å²) in [6.07, 6.45) is -0.766. The summed E-state index contributed by atoms with van der Waals surface area (Å²) in [4.78, 5) is 32.9. The number of para-hydroxylation sites is 1. The topological polar surface area (TPSA) is 64.0 Å². The molecule has 0 aliphatic heterocycles. The van der Waals surface area contributed by atoms with Crippen molar-refractivity contribution in [3.05, 3.63) is 79.9 Å². The first-order chi connectivity index (χ1) is 17.2. The number of hydrogen-bond donors (Lipinski definition) is 1. The molecule has 4 aromatic rings. The molecule has 186 valence electrons. The molecule has 2 aromatic heterocycles. The van der Waals surface area contributed by atoms with Crippen molar-refractivity contribution >= 4 is 56.5 Å². The largest absolute Gasteiger partial charge is 0.417 e. The summed E-state index contributed by atoms with van der Waals surface area (Å²) in [7, 11) is 0. The van der Waals surface area contributed by atoms with Crippen molar-refractivity contribution in [2.45, 2.75) is 37.0 Å². The molecule has 0 fully saturated rings. The Morgan fingerprint density at radius 3 is 2.64 bits per heavy atom. The third-order valence-electron chi connectivity index (χ3n) is 5.86. The maximum atomic E-state index is 13.7. The first-order valence-electron chi connectivity index (χ1n) is 11.1. The van der Waals surface area contributed by atoms with E-state index in [0.29, 0.717) is 21.1 Å². The van der Waals surface area contributed by atoms with Crippen LogP contribution in [0.3, 0.4) is 0 Å². The lowest BCUT2D eigenvalue weighted by Crippen LogP contribution is -2.23. The molecule has 0 atom stereocenters. The minimum atomic E-state index is -4.64. The quantitative estimate of drug-likeness (QED) is 0.221. The second-order valence-corrected chi connectivity index (χ2v) is 10.7. The Kier molecular flexibility index (Phi) is 6.84. The Morgan fingerprint density at radius 1 is 1.14 bits per heavy atom. The number of fused-ring (bicyclic) bond motifs is 3. The average Bonchev–Trinajstić information content (AvgIpc) is 3.22. The highest BCUT2D eigenvalue weighted by molar-refractivity contribution is 7.99. The Hall–Kier alpha value is -2.82. The predicted octanol–water partition coefficient (Wildman–Crippen LogP) is 6.73. The van der Waals surface area contributed by atoms with E-state index in [4.69, 9.17) is 16.6 Å².